The van der Waals surface area contributed by atoms with Crippen LogP contribution in [0.4, 0.5) is 8.78 Å². The largest absolute Gasteiger partial charge is 0.294 e. The maximum Gasteiger partial charge on any atom is 0.163 e. The van der Waals surface area contributed by atoms with Gasteiger partial charge in [-0.3, -0.25) is 4.79 Å². The fraction of sp³-hybridized carbons (Fsp3) is 0.400. The molecule has 1 nitrogen and oxygen atoms in total. The van der Waals surface area contributed by atoms with Crippen molar-refractivity contribution in [1.82, 2.24) is 0 Å². The van der Waals surface area contributed by atoms with E-state index in [0.717, 1.165) is 37.7 Å². The minimum absolute atomic E-state index is 0.149. The Labute approximate surface area is 119 Å². The molecular formula is C15H15BrF2O. The van der Waals surface area contributed by atoms with Gasteiger partial charge >= 0.3 is 0 Å². The Morgan fingerprint density at radius 1 is 1.21 bits per heavy atom. The highest BCUT2D eigenvalue weighted by atomic mass is 79.9. The summed E-state index contributed by atoms with van der Waals surface area (Å²) < 4.78 is 27.6. The number of allylic oxidation sites excluding steroid dienone is 2. The first-order valence-electron chi connectivity index (χ1n) is 6.44. The van der Waals surface area contributed by atoms with E-state index in [-0.39, 0.29) is 22.2 Å². The number of carbonyl (C=O) groups excluding carboxylic acids is 1. The molecule has 0 radical (unpaired) electrons. The molecular weight excluding hydrogens is 314 g/mol. The molecule has 0 heterocycles. The highest BCUT2D eigenvalue weighted by molar-refractivity contribution is 9.10. The van der Waals surface area contributed by atoms with Crippen LogP contribution in [-0.2, 0) is 11.2 Å². The molecule has 0 bridgehead atoms. The average molecular weight is 329 g/mol. The zero-order valence-corrected chi connectivity index (χ0v) is 12.1. The standard InChI is InChI=1S/C15H15BrF2O/c16-12-7-8-13(17)11(15(12)18)9-14(19)10-5-3-1-2-4-6-10/h5,7-8H,1-4,6,9H2. The number of ketones is 1. The van der Waals surface area contributed by atoms with Gasteiger partial charge in [0, 0.05) is 12.0 Å². The molecule has 0 saturated heterocycles. The number of carbonyl (C=O) groups is 1. The van der Waals surface area contributed by atoms with Crippen LogP contribution in [0.5, 0.6) is 0 Å². The minimum atomic E-state index is -0.678. The van der Waals surface area contributed by atoms with Crippen LogP contribution in [0.1, 0.15) is 37.7 Å². The molecule has 0 unspecified atom stereocenters. The van der Waals surface area contributed by atoms with Crippen LogP contribution >= 0.6 is 15.9 Å². The Morgan fingerprint density at radius 2 is 2.00 bits per heavy atom. The van der Waals surface area contributed by atoms with Crippen molar-refractivity contribution < 1.29 is 13.6 Å². The number of Topliss-reactive ketones (excluding diaryl/α,β-unsaturated/α-hetero) is 1. The summed E-state index contributed by atoms with van der Waals surface area (Å²) in [6, 6.07) is 2.49. The topological polar surface area (TPSA) is 17.1 Å². The molecule has 0 atom stereocenters. The fourth-order valence-corrected chi connectivity index (χ4v) is 2.64. The third-order valence-corrected chi connectivity index (χ3v) is 3.99. The molecule has 1 aliphatic rings. The van der Waals surface area contributed by atoms with E-state index in [4.69, 9.17) is 0 Å². The van der Waals surface area contributed by atoms with E-state index in [2.05, 4.69) is 15.9 Å². The quantitative estimate of drug-likeness (QED) is 0.733. The van der Waals surface area contributed by atoms with E-state index in [0.29, 0.717) is 0 Å². The Morgan fingerprint density at radius 3 is 2.79 bits per heavy atom. The van der Waals surface area contributed by atoms with Gasteiger partial charge in [0.05, 0.1) is 4.47 Å². The predicted molar refractivity (Wildman–Crippen MR) is 73.9 cm³/mol. The molecule has 0 fully saturated rings. The monoisotopic (exact) mass is 328 g/mol. The van der Waals surface area contributed by atoms with Gasteiger partial charge in [0.1, 0.15) is 11.6 Å². The summed E-state index contributed by atoms with van der Waals surface area (Å²) in [6.45, 7) is 0. The van der Waals surface area contributed by atoms with Crippen LogP contribution < -0.4 is 0 Å². The van der Waals surface area contributed by atoms with E-state index in [1.807, 2.05) is 6.08 Å². The highest BCUT2D eigenvalue weighted by Crippen LogP contribution is 2.24. The Hall–Kier alpha value is -1.03. The lowest BCUT2D eigenvalue weighted by atomic mass is 9.99. The van der Waals surface area contributed by atoms with Crippen molar-refractivity contribution in [1.29, 1.82) is 0 Å². The third kappa shape index (κ3) is 3.50. The summed E-state index contributed by atoms with van der Waals surface area (Å²) >= 11 is 3.01. The van der Waals surface area contributed by atoms with Crippen molar-refractivity contribution in [2.45, 2.75) is 38.5 Å². The first-order chi connectivity index (χ1) is 9.09. The van der Waals surface area contributed by atoms with Gasteiger partial charge in [-0.1, -0.05) is 12.5 Å². The van der Waals surface area contributed by atoms with Gasteiger partial charge in [0.2, 0.25) is 0 Å². The van der Waals surface area contributed by atoms with Gasteiger partial charge in [0.25, 0.3) is 0 Å². The van der Waals surface area contributed by atoms with E-state index < -0.39 is 11.6 Å². The molecule has 1 aromatic carbocycles. The van der Waals surface area contributed by atoms with Gasteiger partial charge in [-0.25, -0.2) is 8.78 Å². The second-order valence-corrected chi connectivity index (χ2v) is 5.60. The van der Waals surface area contributed by atoms with Gasteiger partial charge in [-0.2, -0.15) is 0 Å². The second kappa shape index (κ2) is 6.42. The summed E-state index contributed by atoms with van der Waals surface area (Å²) in [5.41, 5.74) is 0.570. The summed E-state index contributed by atoms with van der Waals surface area (Å²) in [7, 11) is 0. The number of hydrogen-bond donors (Lipinski definition) is 0. The lowest BCUT2D eigenvalue weighted by Crippen LogP contribution is -2.10. The Balaban J connectivity index is 2.19. The average Bonchev–Trinajstić information content (AvgIpc) is 2.68. The van der Waals surface area contributed by atoms with Crippen LogP contribution in [0.25, 0.3) is 0 Å². The number of benzene rings is 1. The number of halogens is 3. The first kappa shape index (κ1) is 14.4. The molecule has 4 heteroatoms. The maximum absolute atomic E-state index is 13.8. The Kier molecular flexibility index (Phi) is 4.86. The van der Waals surface area contributed by atoms with Crippen molar-refractivity contribution in [2.75, 3.05) is 0 Å². The van der Waals surface area contributed by atoms with Crippen LogP contribution in [0.15, 0.2) is 28.3 Å². The highest BCUT2D eigenvalue weighted by Gasteiger charge is 2.18. The maximum atomic E-state index is 13.8. The van der Waals surface area contributed by atoms with Crippen molar-refractivity contribution in [2.24, 2.45) is 0 Å². The minimum Gasteiger partial charge on any atom is -0.294 e. The first-order valence-corrected chi connectivity index (χ1v) is 7.23. The van der Waals surface area contributed by atoms with Crippen molar-refractivity contribution in [3.63, 3.8) is 0 Å². The van der Waals surface area contributed by atoms with Crippen molar-refractivity contribution in [3.8, 4) is 0 Å². The van der Waals surface area contributed by atoms with E-state index in [1.165, 1.54) is 12.1 Å². The Bertz CT molecular complexity index is 523. The lowest BCUT2D eigenvalue weighted by Gasteiger charge is -2.08. The van der Waals surface area contributed by atoms with Crippen LogP contribution in [0.3, 0.4) is 0 Å². The second-order valence-electron chi connectivity index (χ2n) is 4.75. The fourth-order valence-electron chi connectivity index (χ4n) is 2.27. The smallest absolute Gasteiger partial charge is 0.163 e. The van der Waals surface area contributed by atoms with Crippen LogP contribution in [-0.4, -0.2) is 5.78 Å². The van der Waals surface area contributed by atoms with E-state index in [9.17, 15) is 13.6 Å². The predicted octanol–water partition coefficient (Wildman–Crippen LogP) is 4.73. The zero-order chi connectivity index (χ0) is 13.8. The molecule has 1 aliphatic carbocycles. The number of rotatable bonds is 3. The summed E-state index contributed by atoms with van der Waals surface area (Å²) in [4.78, 5) is 12.1. The normalized spacial score (nSPS) is 15.8. The summed E-state index contributed by atoms with van der Waals surface area (Å²) in [6.07, 6.45) is 6.47. The van der Waals surface area contributed by atoms with Crippen molar-refractivity contribution >= 4 is 21.7 Å². The third-order valence-electron chi connectivity index (χ3n) is 3.38. The molecule has 2 rings (SSSR count). The molecule has 0 aliphatic heterocycles. The van der Waals surface area contributed by atoms with Crippen LogP contribution in [0.2, 0.25) is 0 Å². The number of hydrogen-bond acceptors (Lipinski definition) is 1. The lowest BCUT2D eigenvalue weighted by molar-refractivity contribution is -0.115. The SMILES string of the molecule is O=C(Cc1c(F)ccc(Br)c1F)C1=CCCCCC1. The molecule has 0 saturated carbocycles. The summed E-state index contributed by atoms with van der Waals surface area (Å²) in [5.74, 6) is -1.51. The van der Waals surface area contributed by atoms with E-state index in [1.54, 1.807) is 0 Å². The van der Waals surface area contributed by atoms with Gasteiger partial charge in [0.15, 0.2) is 5.78 Å². The molecule has 0 aromatic heterocycles. The molecule has 19 heavy (non-hydrogen) atoms. The summed E-state index contributed by atoms with van der Waals surface area (Å²) in [5, 5.41) is 0. The van der Waals surface area contributed by atoms with Gasteiger partial charge in [-0.15, -0.1) is 0 Å². The van der Waals surface area contributed by atoms with Gasteiger partial charge in [-0.05, 0) is 59.3 Å². The molecule has 102 valence electrons. The molecule has 0 spiro atoms. The molecule has 0 N–H and O–H groups in total. The van der Waals surface area contributed by atoms with Crippen molar-refractivity contribution in [3.05, 3.63) is 45.5 Å². The zero-order valence-electron chi connectivity index (χ0n) is 10.5. The van der Waals surface area contributed by atoms with E-state index >= 15 is 0 Å². The molecule has 1 aromatic rings. The molecule has 0 amide bonds. The van der Waals surface area contributed by atoms with Gasteiger partial charge < -0.3 is 0 Å². The van der Waals surface area contributed by atoms with Crippen LogP contribution in [0, 0.1) is 11.6 Å².